The van der Waals surface area contributed by atoms with Gasteiger partial charge in [-0.1, -0.05) is 18.0 Å². The minimum atomic E-state index is -3.66. The Morgan fingerprint density at radius 3 is 2.84 bits per heavy atom. The first-order valence-electron chi connectivity index (χ1n) is 6.18. The molecule has 1 unspecified atom stereocenters. The molecule has 0 radical (unpaired) electrons. The van der Waals surface area contributed by atoms with Crippen LogP contribution >= 0.6 is 11.6 Å². The molecular weight excluding hydrogens is 288 g/mol. The Bertz CT molecular complexity index is 562. The monoisotopic (exact) mass is 304 g/mol. The Morgan fingerprint density at radius 1 is 1.42 bits per heavy atom. The molecule has 5 nitrogen and oxygen atoms in total. The Labute approximate surface area is 118 Å². The van der Waals surface area contributed by atoms with Gasteiger partial charge >= 0.3 is 10.2 Å². The second-order valence-electron chi connectivity index (χ2n) is 4.72. The summed E-state index contributed by atoms with van der Waals surface area (Å²) in [5.41, 5.74) is 0.102. The number of aromatic hydroxyl groups is 1. The number of rotatable bonds is 3. The third-order valence-corrected chi connectivity index (χ3v) is 5.12. The third-order valence-electron chi connectivity index (χ3n) is 3.25. The topological polar surface area (TPSA) is 69.6 Å². The molecule has 0 aliphatic carbocycles. The number of nitrogens with zero attached hydrogens (tertiary/aromatic N) is 1. The van der Waals surface area contributed by atoms with Crippen molar-refractivity contribution in [2.75, 3.05) is 11.3 Å². The molecule has 1 fully saturated rings. The van der Waals surface area contributed by atoms with E-state index in [1.165, 1.54) is 22.5 Å². The summed E-state index contributed by atoms with van der Waals surface area (Å²) in [5, 5.41) is 10.0. The highest BCUT2D eigenvalue weighted by molar-refractivity contribution is 7.90. The summed E-state index contributed by atoms with van der Waals surface area (Å²) in [7, 11) is -3.66. The zero-order valence-corrected chi connectivity index (χ0v) is 12.2. The highest BCUT2D eigenvalue weighted by atomic mass is 35.5. The van der Waals surface area contributed by atoms with Gasteiger partial charge in [-0.15, -0.1) is 0 Å². The van der Waals surface area contributed by atoms with Crippen LogP contribution in [-0.2, 0) is 10.2 Å². The predicted octanol–water partition coefficient (Wildman–Crippen LogP) is 2.58. The molecule has 1 atom stereocenters. The van der Waals surface area contributed by atoms with Crippen molar-refractivity contribution in [1.29, 1.82) is 0 Å². The molecule has 1 saturated heterocycles. The van der Waals surface area contributed by atoms with E-state index in [0.717, 1.165) is 19.3 Å². The average Bonchev–Trinajstić information content (AvgIpc) is 2.34. The normalized spacial score (nSPS) is 21.3. The Hall–Kier alpha value is -0.980. The minimum absolute atomic E-state index is 0.0347. The summed E-state index contributed by atoms with van der Waals surface area (Å²) in [6.45, 7) is 2.38. The van der Waals surface area contributed by atoms with E-state index < -0.39 is 10.2 Å². The van der Waals surface area contributed by atoms with Crippen molar-refractivity contribution in [3.8, 4) is 5.75 Å². The van der Waals surface area contributed by atoms with Crippen molar-refractivity contribution < 1.29 is 13.5 Å². The van der Waals surface area contributed by atoms with E-state index in [4.69, 9.17) is 11.6 Å². The van der Waals surface area contributed by atoms with Crippen LogP contribution in [0.2, 0.25) is 5.02 Å². The molecule has 0 aromatic heterocycles. The van der Waals surface area contributed by atoms with E-state index in [2.05, 4.69) is 4.72 Å². The maximum atomic E-state index is 12.3. The van der Waals surface area contributed by atoms with Crippen molar-refractivity contribution in [2.24, 2.45) is 0 Å². The number of phenols is 1. The van der Waals surface area contributed by atoms with E-state index in [-0.39, 0.29) is 17.5 Å². The van der Waals surface area contributed by atoms with Gasteiger partial charge in [-0.2, -0.15) is 12.7 Å². The van der Waals surface area contributed by atoms with Crippen LogP contribution in [0, 0.1) is 0 Å². The van der Waals surface area contributed by atoms with Crippen LogP contribution in [0.5, 0.6) is 5.75 Å². The standard InChI is InChI=1S/C12H17ClN2O3S/c1-9-4-2-3-7-15(9)19(17,18)14-11-8-10(13)5-6-12(11)16/h5-6,8-9,14,16H,2-4,7H2,1H3. The molecule has 0 amide bonds. The second-order valence-corrected chi connectivity index (χ2v) is 6.78. The van der Waals surface area contributed by atoms with Gasteiger partial charge in [0.2, 0.25) is 0 Å². The van der Waals surface area contributed by atoms with Crippen molar-refractivity contribution in [2.45, 2.75) is 32.2 Å². The summed E-state index contributed by atoms with van der Waals surface area (Å²) >= 11 is 5.80. The van der Waals surface area contributed by atoms with Gasteiger partial charge in [-0.25, -0.2) is 0 Å². The second kappa shape index (κ2) is 5.56. The van der Waals surface area contributed by atoms with E-state index in [0.29, 0.717) is 11.6 Å². The number of benzene rings is 1. The van der Waals surface area contributed by atoms with E-state index in [1.54, 1.807) is 0 Å². The fourth-order valence-corrected chi connectivity index (χ4v) is 3.90. The molecule has 106 valence electrons. The van der Waals surface area contributed by atoms with Crippen LogP contribution in [0.15, 0.2) is 18.2 Å². The Kier molecular flexibility index (Phi) is 4.23. The van der Waals surface area contributed by atoms with E-state index in [1.807, 2.05) is 6.92 Å². The van der Waals surface area contributed by atoms with Gasteiger partial charge in [0.25, 0.3) is 0 Å². The van der Waals surface area contributed by atoms with E-state index >= 15 is 0 Å². The minimum Gasteiger partial charge on any atom is -0.506 e. The Morgan fingerprint density at radius 2 is 2.16 bits per heavy atom. The zero-order chi connectivity index (χ0) is 14.0. The lowest BCUT2D eigenvalue weighted by Crippen LogP contribution is -2.44. The fraction of sp³-hybridized carbons (Fsp3) is 0.500. The quantitative estimate of drug-likeness (QED) is 0.843. The molecule has 1 aromatic carbocycles. The van der Waals surface area contributed by atoms with Gasteiger partial charge in [-0.3, -0.25) is 4.72 Å². The van der Waals surface area contributed by atoms with Crippen LogP contribution in [0.3, 0.4) is 0 Å². The van der Waals surface area contributed by atoms with Gasteiger partial charge < -0.3 is 5.11 Å². The number of anilines is 1. The summed E-state index contributed by atoms with van der Waals surface area (Å²) in [6, 6.07) is 4.22. The first-order valence-corrected chi connectivity index (χ1v) is 8.00. The smallest absolute Gasteiger partial charge is 0.302 e. The van der Waals surface area contributed by atoms with Gasteiger partial charge in [0.05, 0.1) is 5.69 Å². The molecule has 19 heavy (non-hydrogen) atoms. The lowest BCUT2D eigenvalue weighted by molar-refractivity contribution is 0.270. The molecular formula is C12H17ClN2O3S. The van der Waals surface area contributed by atoms with Crippen molar-refractivity contribution in [3.05, 3.63) is 23.2 Å². The van der Waals surface area contributed by atoms with Crippen LogP contribution < -0.4 is 4.72 Å². The number of phenolic OH excluding ortho intramolecular Hbond substituents is 1. The molecule has 0 bridgehead atoms. The van der Waals surface area contributed by atoms with Crippen LogP contribution in [0.25, 0.3) is 0 Å². The van der Waals surface area contributed by atoms with Crippen molar-refractivity contribution >= 4 is 27.5 Å². The molecule has 0 saturated carbocycles. The van der Waals surface area contributed by atoms with Gasteiger partial charge in [-0.05, 0) is 38.0 Å². The number of nitrogens with one attached hydrogen (secondary N) is 1. The average molecular weight is 305 g/mol. The summed E-state index contributed by atoms with van der Waals surface area (Å²) in [5.74, 6) is -0.141. The molecule has 7 heteroatoms. The highest BCUT2D eigenvalue weighted by Gasteiger charge is 2.29. The van der Waals surface area contributed by atoms with Crippen molar-refractivity contribution in [3.63, 3.8) is 0 Å². The molecule has 2 N–H and O–H groups in total. The van der Waals surface area contributed by atoms with Gasteiger partial charge in [0, 0.05) is 17.6 Å². The maximum absolute atomic E-state index is 12.3. The first kappa shape index (κ1) is 14.4. The van der Waals surface area contributed by atoms with Gasteiger partial charge in [0.15, 0.2) is 0 Å². The van der Waals surface area contributed by atoms with Crippen molar-refractivity contribution in [1.82, 2.24) is 4.31 Å². The maximum Gasteiger partial charge on any atom is 0.302 e. The molecule has 1 aliphatic heterocycles. The molecule has 2 rings (SSSR count). The SMILES string of the molecule is CC1CCCCN1S(=O)(=O)Nc1cc(Cl)ccc1O. The largest absolute Gasteiger partial charge is 0.506 e. The lowest BCUT2D eigenvalue weighted by Gasteiger charge is -2.32. The molecule has 1 heterocycles. The fourth-order valence-electron chi connectivity index (χ4n) is 2.22. The number of hydrogen-bond acceptors (Lipinski definition) is 3. The first-order chi connectivity index (χ1) is 8.90. The number of halogens is 1. The number of piperidine rings is 1. The van der Waals surface area contributed by atoms with Crippen LogP contribution in [0.4, 0.5) is 5.69 Å². The Balaban J connectivity index is 2.23. The molecule has 1 aliphatic rings. The zero-order valence-electron chi connectivity index (χ0n) is 10.6. The third kappa shape index (κ3) is 3.32. The molecule has 1 aromatic rings. The summed E-state index contributed by atoms with van der Waals surface area (Å²) in [4.78, 5) is 0. The van der Waals surface area contributed by atoms with Crippen LogP contribution in [0.1, 0.15) is 26.2 Å². The predicted molar refractivity (Wildman–Crippen MR) is 75.7 cm³/mol. The summed E-state index contributed by atoms with van der Waals surface area (Å²) < 4.78 is 28.4. The highest BCUT2D eigenvalue weighted by Crippen LogP contribution is 2.29. The van der Waals surface area contributed by atoms with E-state index in [9.17, 15) is 13.5 Å². The van der Waals surface area contributed by atoms with Gasteiger partial charge in [0.1, 0.15) is 5.75 Å². The molecule has 0 spiro atoms. The summed E-state index contributed by atoms with van der Waals surface area (Å²) in [6.07, 6.45) is 2.74. The number of hydrogen-bond donors (Lipinski definition) is 2. The van der Waals surface area contributed by atoms with Crippen LogP contribution in [-0.4, -0.2) is 30.4 Å². The lowest BCUT2D eigenvalue weighted by atomic mass is 10.1.